The first-order valence-corrected chi connectivity index (χ1v) is 11.4. The van der Waals surface area contributed by atoms with E-state index in [4.69, 9.17) is 9.72 Å². The van der Waals surface area contributed by atoms with Gasteiger partial charge in [0.05, 0.1) is 18.4 Å². The predicted octanol–water partition coefficient (Wildman–Crippen LogP) is 3.19. The van der Waals surface area contributed by atoms with Gasteiger partial charge in [-0.1, -0.05) is 26.8 Å². The van der Waals surface area contributed by atoms with Gasteiger partial charge in [-0.3, -0.25) is 4.79 Å². The standard InChI is InChI=1S/C22H35N3O3S/c1-6-9-24-21-25-18-14(3)17-19(26)15(13(2)20(27)23-10-11-28-5)7-8-22(17,4)12-16(18)29-21/h6,13-15,17,19,26H,1,7-12H2,2-5H3,(H,23,27)(H,24,25)/t13-,14-,15?,17+,19-,22-/m0/s1. The van der Waals surface area contributed by atoms with Crippen molar-refractivity contribution in [2.45, 2.75) is 52.1 Å². The third kappa shape index (κ3) is 4.37. The Labute approximate surface area is 178 Å². The van der Waals surface area contributed by atoms with E-state index in [0.717, 1.165) is 30.1 Å². The molecule has 1 fully saturated rings. The topological polar surface area (TPSA) is 83.5 Å². The normalized spacial score (nSPS) is 32.0. The summed E-state index contributed by atoms with van der Waals surface area (Å²) in [5.41, 5.74) is 1.15. The molecule has 6 nitrogen and oxygen atoms in total. The smallest absolute Gasteiger partial charge is 0.223 e. The van der Waals surface area contributed by atoms with Gasteiger partial charge in [0.15, 0.2) is 5.13 Å². The lowest BCUT2D eigenvalue weighted by molar-refractivity contribution is -0.135. The van der Waals surface area contributed by atoms with E-state index in [1.165, 1.54) is 4.88 Å². The van der Waals surface area contributed by atoms with Crippen molar-refractivity contribution in [1.82, 2.24) is 10.3 Å². The number of carbonyl (C=O) groups excluding carboxylic acids is 1. The lowest BCUT2D eigenvalue weighted by Crippen LogP contribution is -2.53. The van der Waals surface area contributed by atoms with Crippen LogP contribution in [0.15, 0.2) is 12.7 Å². The van der Waals surface area contributed by atoms with Gasteiger partial charge in [-0.15, -0.1) is 17.9 Å². The van der Waals surface area contributed by atoms with Crippen LogP contribution in [0.2, 0.25) is 0 Å². The van der Waals surface area contributed by atoms with Gasteiger partial charge in [0.25, 0.3) is 0 Å². The van der Waals surface area contributed by atoms with E-state index in [-0.39, 0.29) is 35.0 Å². The summed E-state index contributed by atoms with van der Waals surface area (Å²) in [6.45, 7) is 11.9. The molecule has 1 saturated carbocycles. The fourth-order valence-corrected chi connectivity index (χ4v) is 6.68. The third-order valence-corrected chi connectivity index (χ3v) is 8.01. The number of hydrogen-bond acceptors (Lipinski definition) is 6. The van der Waals surface area contributed by atoms with Crippen molar-refractivity contribution >= 4 is 22.4 Å². The van der Waals surface area contributed by atoms with Gasteiger partial charge in [-0.2, -0.15) is 0 Å². The maximum Gasteiger partial charge on any atom is 0.223 e. The molecule has 1 aromatic heterocycles. The number of aliphatic hydroxyl groups excluding tert-OH is 1. The Hall–Kier alpha value is -1.44. The molecule has 162 valence electrons. The summed E-state index contributed by atoms with van der Waals surface area (Å²) in [4.78, 5) is 18.7. The Morgan fingerprint density at radius 2 is 2.31 bits per heavy atom. The second-order valence-electron chi connectivity index (χ2n) is 8.91. The molecule has 1 aromatic rings. The molecule has 0 bridgehead atoms. The van der Waals surface area contributed by atoms with Crippen molar-refractivity contribution in [2.75, 3.05) is 32.1 Å². The van der Waals surface area contributed by atoms with Gasteiger partial charge in [0, 0.05) is 36.9 Å². The van der Waals surface area contributed by atoms with E-state index >= 15 is 0 Å². The number of anilines is 1. The molecule has 0 saturated heterocycles. The van der Waals surface area contributed by atoms with Crippen LogP contribution in [0, 0.1) is 23.2 Å². The number of methoxy groups -OCH3 is 1. The Kier molecular flexibility index (Phi) is 7.02. The molecule has 1 amide bonds. The predicted molar refractivity (Wildman–Crippen MR) is 117 cm³/mol. The summed E-state index contributed by atoms with van der Waals surface area (Å²) in [5, 5.41) is 18.6. The van der Waals surface area contributed by atoms with Crippen molar-refractivity contribution < 1.29 is 14.6 Å². The number of nitrogens with one attached hydrogen (secondary N) is 2. The summed E-state index contributed by atoms with van der Waals surface area (Å²) in [6, 6.07) is 0. The molecule has 1 heterocycles. The molecule has 3 N–H and O–H groups in total. The maximum atomic E-state index is 12.6. The van der Waals surface area contributed by atoms with Gasteiger partial charge in [-0.05, 0) is 36.5 Å². The Morgan fingerprint density at radius 1 is 1.55 bits per heavy atom. The van der Waals surface area contributed by atoms with Crippen molar-refractivity contribution in [2.24, 2.45) is 23.2 Å². The van der Waals surface area contributed by atoms with Crippen molar-refractivity contribution in [3.05, 3.63) is 23.2 Å². The van der Waals surface area contributed by atoms with Crippen molar-refractivity contribution in [3.63, 3.8) is 0 Å². The number of fused-ring (bicyclic) bond motifs is 2. The molecule has 2 aliphatic rings. The number of hydrogen-bond donors (Lipinski definition) is 3. The highest BCUT2D eigenvalue weighted by atomic mass is 32.1. The Bertz CT molecular complexity index is 737. The van der Waals surface area contributed by atoms with E-state index < -0.39 is 6.10 Å². The number of carbonyl (C=O) groups is 1. The number of ether oxygens (including phenoxy) is 1. The second kappa shape index (κ2) is 9.14. The van der Waals surface area contributed by atoms with Crippen LogP contribution < -0.4 is 10.6 Å². The van der Waals surface area contributed by atoms with E-state index in [9.17, 15) is 9.90 Å². The number of amides is 1. The molecule has 0 aliphatic heterocycles. The number of rotatable bonds is 8. The van der Waals surface area contributed by atoms with Gasteiger partial charge < -0.3 is 20.5 Å². The summed E-state index contributed by atoms with van der Waals surface area (Å²) >= 11 is 1.73. The molecule has 0 aromatic carbocycles. The van der Waals surface area contributed by atoms with Crippen LogP contribution in [0.4, 0.5) is 5.13 Å². The van der Waals surface area contributed by atoms with Crippen molar-refractivity contribution in [3.8, 4) is 0 Å². The fourth-order valence-electron chi connectivity index (χ4n) is 5.41. The number of aromatic nitrogens is 1. The second-order valence-corrected chi connectivity index (χ2v) is 9.99. The fraction of sp³-hybridized carbons (Fsp3) is 0.727. The molecule has 3 rings (SSSR count). The van der Waals surface area contributed by atoms with Crippen LogP contribution in [-0.4, -0.2) is 48.9 Å². The summed E-state index contributed by atoms with van der Waals surface area (Å²) in [7, 11) is 1.62. The number of aliphatic hydroxyl groups is 1. The van der Waals surface area contributed by atoms with Crippen molar-refractivity contribution in [1.29, 1.82) is 0 Å². The minimum atomic E-state index is -0.508. The van der Waals surface area contributed by atoms with Gasteiger partial charge in [0.1, 0.15) is 0 Å². The average molecular weight is 422 g/mol. The average Bonchev–Trinajstić information content (AvgIpc) is 3.08. The molecular weight excluding hydrogens is 386 g/mol. The number of nitrogens with zero attached hydrogens (tertiary/aromatic N) is 1. The molecule has 1 unspecified atom stereocenters. The summed E-state index contributed by atoms with van der Waals surface area (Å²) in [5.74, 6) is 0.0264. The first-order chi connectivity index (χ1) is 13.8. The first kappa shape index (κ1) is 22.2. The summed E-state index contributed by atoms with van der Waals surface area (Å²) in [6.07, 6.45) is 4.16. The number of thiazole rings is 1. The van der Waals surface area contributed by atoms with Gasteiger partial charge >= 0.3 is 0 Å². The quantitative estimate of drug-likeness (QED) is 0.443. The third-order valence-electron chi connectivity index (χ3n) is 6.98. The molecular formula is C22H35N3O3S. The molecule has 0 spiro atoms. The SMILES string of the molecule is C=CCNc1nc2c(s1)C[C@]1(C)CCC([C@H](C)C(=O)NCCOC)[C@H](O)[C@H]1[C@@H]2C. The zero-order valence-electron chi connectivity index (χ0n) is 18.0. The highest BCUT2D eigenvalue weighted by molar-refractivity contribution is 7.15. The van der Waals surface area contributed by atoms with Crippen LogP contribution in [0.5, 0.6) is 0 Å². The first-order valence-electron chi connectivity index (χ1n) is 10.6. The minimum absolute atomic E-state index is 0.00317. The highest BCUT2D eigenvalue weighted by Crippen LogP contribution is 2.57. The molecule has 2 aliphatic carbocycles. The lowest BCUT2D eigenvalue weighted by atomic mass is 9.53. The van der Waals surface area contributed by atoms with E-state index in [1.54, 1.807) is 18.4 Å². The maximum absolute atomic E-state index is 12.6. The zero-order chi connectivity index (χ0) is 21.2. The van der Waals surface area contributed by atoms with Gasteiger partial charge in [0.2, 0.25) is 5.91 Å². The van der Waals surface area contributed by atoms with Crippen LogP contribution in [0.25, 0.3) is 0 Å². The lowest BCUT2D eigenvalue weighted by Gasteiger charge is -2.53. The zero-order valence-corrected chi connectivity index (χ0v) is 18.8. The molecule has 0 radical (unpaired) electrons. The summed E-state index contributed by atoms with van der Waals surface area (Å²) < 4.78 is 5.02. The Balaban J connectivity index is 1.77. The van der Waals surface area contributed by atoms with E-state index in [1.807, 2.05) is 13.0 Å². The molecule has 29 heavy (non-hydrogen) atoms. The van der Waals surface area contributed by atoms with Crippen LogP contribution in [0.1, 0.15) is 50.1 Å². The van der Waals surface area contributed by atoms with Crippen LogP contribution in [-0.2, 0) is 16.0 Å². The van der Waals surface area contributed by atoms with Gasteiger partial charge in [-0.25, -0.2) is 4.98 Å². The highest BCUT2D eigenvalue weighted by Gasteiger charge is 2.53. The monoisotopic (exact) mass is 421 g/mol. The molecule has 6 atom stereocenters. The largest absolute Gasteiger partial charge is 0.392 e. The molecule has 7 heteroatoms. The Morgan fingerprint density at radius 3 is 3.00 bits per heavy atom. The van der Waals surface area contributed by atoms with E-state index in [2.05, 4.69) is 31.1 Å². The minimum Gasteiger partial charge on any atom is -0.392 e. The van der Waals surface area contributed by atoms with Crippen LogP contribution >= 0.6 is 11.3 Å². The van der Waals surface area contributed by atoms with Crippen LogP contribution in [0.3, 0.4) is 0 Å². The van der Waals surface area contributed by atoms with E-state index in [0.29, 0.717) is 19.7 Å².